The number of carbonyl (C=O) groups excluding carboxylic acids is 1. The molecule has 1 aromatic rings. The van der Waals surface area contributed by atoms with E-state index in [0.29, 0.717) is 10.8 Å². The molecule has 1 N–H and O–H groups in total. The Morgan fingerprint density at radius 3 is 2.62 bits per heavy atom. The van der Waals surface area contributed by atoms with Crippen LogP contribution in [0.5, 0.6) is 5.75 Å². The van der Waals surface area contributed by atoms with Crippen LogP contribution in [0, 0.1) is 6.92 Å². The number of carboxylic acids is 1. The number of hydrogen-bond acceptors (Lipinski definition) is 3. The maximum absolute atomic E-state index is 11.2. The molecular weight excluding hydrogens is 232 g/mol. The van der Waals surface area contributed by atoms with Gasteiger partial charge in [0.2, 0.25) is 0 Å². The Morgan fingerprint density at radius 2 is 2.06 bits per heavy atom. The first-order valence-electron chi connectivity index (χ1n) is 4.67. The van der Waals surface area contributed by atoms with Gasteiger partial charge in [-0.2, -0.15) is 0 Å². The summed E-state index contributed by atoms with van der Waals surface area (Å²) in [6.07, 6.45) is -0.372. The number of aliphatic carboxylic acids is 1. The van der Waals surface area contributed by atoms with Crippen LogP contribution in [0.3, 0.4) is 0 Å². The first-order valence-corrected chi connectivity index (χ1v) is 5.05. The minimum atomic E-state index is -1.02. The lowest BCUT2D eigenvalue weighted by Gasteiger charge is -2.06. The highest BCUT2D eigenvalue weighted by molar-refractivity contribution is 6.30. The molecule has 1 rings (SSSR count). The zero-order chi connectivity index (χ0) is 12.1. The molecule has 0 atom stereocenters. The summed E-state index contributed by atoms with van der Waals surface area (Å²) in [5.74, 6) is -1.18. The highest BCUT2D eigenvalue weighted by Gasteiger charge is 2.09. The van der Waals surface area contributed by atoms with Gasteiger partial charge in [-0.1, -0.05) is 11.6 Å². The summed E-state index contributed by atoms with van der Waals surface area (Å²) in [7, 11) is 0. The van der Waals surface area contributed by atoms with Crippen LogP contribution in [0.2, 0.25) is 5.02 Å². The van der Waals surface area contributed by atoms with Crippen LogP contribution in [-0.2, 0) is 9.59 Å². The standard InChI is InChI=1S/C11H11ClO4/c1-7-6-8(12)2-3-9(7)16-11(15)5-4-10(13)14/h2-3,6H,4-5H2,1H3,(H,13,14). The molecule has 0 radical (unpaired) electrons. The van der Waals surface area contributed by atoms with Gasteiger partial charge in [0.1, 0.15) is 5.75 Å². The second kappa shape index (κ2) is 5.51. The lowest BCUT2D eigenvalue weighted by molar-refractivity contribution is -0.142. The molecule has 0 aliphatic heterocycles. The Hall–Kier alpha value is -1.55. The maximum atomic E-state index is 11.2. The fourth-order valence-corrected chi connectivity index (χ4v) is 1.34. The third-order valence-corrected chi connectivity index (χ3v) is 2.14. The highest BCUT2D eigenvalue weighted by Crippen LogP contribution is 2.22. The summed E-state index contributed by atoms with van der Waals surface area (Å²) in [6.45, 7) is 1.76. The largest absolute Gasteiger partial charge is 0.481 e. The van der Waals surface area contributed by atoms with Crippen LogP contribution in [0.25, 0.3) is 0 Å². The van der Waals surface area contributed by atoms with Crippen LogP contribution in [0.4, 0.5) is 0 Å². The van der Waals surface area contributed by atoms with Crippen molar-refractivity contribution in [3.05, 3.63) is 28.8 Å². The predicted molar refractivity (Wildman–Crippen MR) is 58.7 cm³/mol. The molecule has 4 nitrogen and oxygen atoms in total. The molecule has 0 heterocycles. The maximum Gasteiger partial charge on any atom is 0.311 e. The van der Waals surface area contributed by atoms with Gasteiger partial charge in [-0.05, 0) is 30.7 Å². The summed E-state index contributed by atoms with van der Waals surface area (Å²) in [5.41, 5.74) is 0.733. The van der Waals surface area contributed by atoms with E-state index in [1.807, 2.05) is 0 Å². The Balaban J connectivity index is 2.59. The average Bonchev–Trinajstić information content (AvgIpc) is 2.19. The third-order valence-electron chi connectivity index (χ3n) is 1.90. The molecule has 0 spiro atoms. The second-order valence-electron chi connectivity index (χ2n) is 3.28. The monoisotopic (exact) mass is 242 g/mol. The second-order valence-corrected chi connectivity index (χ2v) is 3.71. The molecule has 5 heteroatoms. The molecule has 1 aromatic carbocycles. The van der Waals surface area contributed by atoms with Crippen molar-refractivity contribution in [1.82, 2.24) is 0 Å². The zero-order valence-electron chi connectivity index (χ0n) is 8.70. The van der Waals surface area contributed by atoms with Gasteiger partial charge in [0.25, 0.3) is 0 Å². The molecule has 0 aliphatic carbocycles. The molecule has 0 saturated heterocycles. The number of benzene rings is 1. The fraction of sp³-hybridized carbons (Fsp3) is 0.273. The van der Waals surface area contributed by atoms with E-state index in [1.54, 1.807) is 25.1 Å². The minimum Gasteiger partial charge on any atom is -0.481 e. The molecule has 0 bridgehead atoms. The molecule has 0 fully saturated rings. The molecule has 0 amide bonds. The lowest BCUT2D eigenvalue weighted by atomic mass is 10.2. The van der Waals surface area contributed by atoms with Crippen molar-refractivity contribution in [3.63, 3.8) is 0 Å². The van der Waals surface area contributed by atoms with Crippen molar-refractivity contribution in [2.75, 3.05) is 0 Å². The number of halogens is 1. The lowest BCUT2D eigenvalue weighted by Crippen LogP contribution is -2.10. The topological polar surface area (TPSA) is 63.6 Å². The normalized spacial score (nSPS) is 9.88. The van der Waals surface area contributed by atoms with Gasteiger partial charge in [0, 0.05) is 5.02 Å². The van der Waals surface area contributed by atoms with Gasteiger partial charge in [0.05, 0.1) is 12.8 Å². The number of ether oxygens (including phenoxy) is 1. The fourth-order valence-electron chi connectivity index (χ4n) is 1.11. The third kappa shape index (κ3) is 3.90. The average molecular weight is 243 g/mol. The highest BCUT2D eigenvalue weighted by atomic mass is 35.5. The summed E-state index contributed by atoms with van der Waals surface area (Å²) >= 11 is 5.74. The van der Waals surface area contributed by atoms with E-state index in [1.165, 1.54) is 0 Å². The van der Waals surface area contributed by atoms with E-state index >= 15 is 0 Å². The number of aryl methyl sites for hydroxylation is 1. The molecule has 86 valence electrons. The molecular formula is C11H11ClO4. The summed E-state index contributed by atoms with van der Waals surface area (Å²) in [6, 6.07) is 4.85. The van der Waals surface area contributed by atoms with Gasteiger partial charge < -0.3 is 9.84 Å². The molecule has 0 saturated carbocycles. The smallest absolute Gasteiger partial charge is 0.311 e. The van der Waals surface area contributed by atoms with Crippen molar-refractivity contribution in [2.24, 2.45) is 0 Å². The van der Waals surface area contributed by atoms with Crippen molar-refractivity contribution in [2.45, 2.75) is 19.8 Å². The molecule has 0 aliphatic rings. The van der Waals surface area contributed by atoms with E-state index < -0.39 is 11.9 Å². The minimum absolute atomic E-state index is 0.141. The quantitative estimate of drug-likeness (QED) is 0.651. The summed E-state index contributed by atoms with van der Waals surface area (Å²) in [5, 5.41) is 8.95. The van der Waals surface area contributed by atoms with Crippen molar-refractivity contribution in [1.29, 1.82) is 0 Å². The van der Waals surface area contributed by atoms with Crippen LogP contribution < -0.4 is 4.74 Å². The van der Waals surface area contributed by atoms with E-state index in [9.17, 15) is 9.59 Å². The van der Waals surface area contributed by atoms with Crippen LogP contribution in [0.1, 0.15) is 18.4 Å². The number of rotatable bonds is 4. The van der Waals surface area contributed by atoms with E-state index in [4.69, 9.17) is 21.4 Å². The number of carbonyl (C=O) groups is 2. The molecule has 0 aromatic heterocycles. The zero-order valence-corrected chi connectivity index (χ0v) is 9.45. The summed E-state index contributed by atoms with van der Waals surface area (Å²) in [4.78, 5) is 21.5. The van der Waals surface area contributed by atoms with Gasteiger partial charge in [0.15, 0.2) is 0 Å². The van der Waals surface area contributed by atoms with E-state index in [2.05, 4.69) is 0 Å². The van der Waals surface area contributed by atoms with Crippen LogP contribution in [0.15, 0.2) is 18.2 Å². The Kier molecular flexibility index (Phi) is 4.31. The van der Waals surface area contributed by atoms with Crippen LogP contribution in [-0.4, -0.2) is 17.0 Å². The van der Waals surface area contributed by atoms with Gasteiger partial charge >= 0.3 is 11.9 Å². The van der Waals surface area contributed by atoms with Gasteiger partial charge in [-0.3, -0.25) is 9.59 Å². The molecule has 16 heavy (non-hydrogen) atoms. The first-order chi connectivity index (χ1) is 7.49. The van der Waals surface area contributed by atoms with E-state index in [0.717, 1.165) is 5.56 Å². The number of hydrogen-bond donors (Lipinski definition) is 1. The van der Waals surface area contributed by atoms with Gasteiger partial charge in [-0.25, -0.2) is 0 Å². The van der Waals surface area contributed by atoms with Crippen molar-refractivity contribution >= 4 is 23.5 Å². The van der Waals surface area contributed by atoms with Crippen molar-refractivity contribution < 1.29 is 19.4 Å². The summed E-state index contributed by atoms with van der Waals surface area (Å²) < 4.78 is 4.99. The first kappa shape index (κ1) is 12.5. The Bertz CT molecular complexity index is 414. The SMILES string of the molecule is Cc1cc(Cl)ccc1OC(=O)CCC(=O)O. The predicted octanol–water partition coefficient (Wildman–Crippen LogP) is 2.42. The Labute approximate surface area is 97.8 Å². The van der Waals surface area contributed by atoms with Crippen molar-refractivity contribution in [3.8, 4) is 5.75 Å². The van der Waals surface area contributed by atoms with Gasteiger partial charge in [-0.15, -0.1) is 0 Å². The van der Waals surface area contributed by atoms with Crippen LogP contribution >= 0.6 is 11.6 Å². The van der Waals surface area contributed by atoms with E-state index in [-0.39, 0.29) is 12.8 Å². The number of carboxylic acid groups (broad SMARTS) is 1. The molecule has 0 unspecified atom stereocenters. The number of esters is 1. The Morgan fingerprint density at radius 1 is 1.38 bits per heavy atom.